The first kappa shape index (κ1) is 25.3. The Bertz CT molecular complexity index is 1370. The highest BCUT2D eigenvalue weighted by atomic mass is 32.1. The summed E-state index contributed by atoms with van der Waals surface area (Å²) in [5, 5.41) is 10.6. The minimum atomic E-state index is -0.376. The fraction of sp³-hybridized carbons (Fsp3) is 0.321. The summed E-state index contributed by atoms with van der Waals surface area (Å²) < 4.78 is 7.04. The van der Waals surface area contributed by atoms with Crippen LogP contribution >= 0.6 is 11.3 Å². The van der Waals surface area contributed by atoms with Crippen LogP contribution in [0.5, 0.6) is 0 Å². The lowest BCUT2D eigenvalue weighted by Crippen LogP contribution is -2.49. The average molecular weight is 503 g/mol. The molecule has 0 saturated carbocycles. The molecule has 3 heterocycles. The largest absolute Gasteiger partial charge is 0.465 e. The first-order valence-corrected chi connectivity index (χ1v) is 12.7. The molecule has 0 N–H and O–H groups in total. The Hall–Kier alpha value is -3.83. The summed E-state index contributed by atoms with van der Waals surface area (Å²) in [6, 6.07) is 14.2. The number of amides is 1. The van der Waals surface area contributed by atoms with Crippen LogP contribution < -0.4 is 4.90 Å². The highest BCUT2D eigenvalue weighted by molar-refractivity contribution is 7.15. The standard InChI is InChI=1S/C28H30N4O3S/c1-18-15-22(20(3)32(18)27-25(28(34)35-5)19(2)21(4)36-27)16-23(17-29)26(33)31-13-11-30(12-14-31)24-9-7-6-8-10-24/h6-10,15-16H,11-14H2,1-5H3/b23-16+. The third-order valence-corrected chi connectivity index (χ3v) is 7.96. The number of esters is 1. The van der Waals surface area contributed by atoms with Crippen molar-refractivity contribution in [2.45, 2.75) is 27.7 Å². The lowest BCUT2D eigenvalue weighted by atomic mass is 10.1. The van der Waals surface area contributed by atoms with Gasteiger partial charge in [0.2, 0.25) is 0 Å². The zero-order valence-electron chi connectivity index (χ0n) is 21.3. The SMILES string of the molecule is COC(=O)c1c(-n2c(C)cc(/C=C(\C#N)C(=O)N3CCN(c4ccccc4)CC3)c2C)sc(C)c1C. The second-order valence-electron chi connectivity index (χ2n) is 8.90. The van der Waals surface area contributed by atoms with Gasteiger partial charge in [0.1, 0.15) is 16.6 Å². The van der Waals surface area contributed by atoms with Gasteiger partial charge in [-0.2, -0.15) is 5.26 Å². The Labute approximate surface area is 215 Å². The second-order valence-corrected chi connectivity index (χ2v) is 10.1. The number of benzene rings is 1. The molecule has 0 aliphatic carbocycles. The summed E-state index contributed by atoms with van der Waals surface area (Å²) in [5.41, 5.74) is 5.23. The maximum absolute atomic E-state index is 13.2. The Balaban J connectivity index is 1.60. The maximum atomic E-state index is 13.2. The minimum absolute atomic E-state index is 0.107. The zero-order valence-corrected chi connectivity index (χ0v) is 22.1. The van der Waals surface area contributed by atoms with Gasteiger partial charge in [-0.15, -0.1) is 11.3 Å². The van der Waals surface area contributed by atoms with Gasteiger partial charge in [-0.1, -0.05) is 18.2 Å². The molecule has 1 aliphatic heterocycles. The van der Waals surface area contributed by atoms with Gasteiger partial charge in [-0.25, -0.2) is 4.79 Å². The number of hydrogen-bond acceptors (Lipinski definition) is 6. The Morgan fingerprint density at radius 1 is 1.06 bits per heavy atom. The number of methoxy groups -OCH3 is 1. The molecule has 2 aromatic heterocycles. The quantitative estimate of drug-likeness (QED) is 0.284. The normalized spacial score (nSPS) is 14.1. The molecule has 3 aromatic rings. The van der Waals surface area contributed by atoms with E-state index in [4.69, 9.17) is 4.74 Å². The predicted octanol–water partition coefficient (Wildman–Crippen LogP) is 4.81. The molecule has 4 rings (SSSR count). The predicted molar refractivity (Wildman–Crippen MR) is 143 cm³/mol. The van der Waals surface area contributed by atoms with Gasteiger partial charge in [0, 0.05) is 48.1 Å². The van der Waals surface area contributed by atoms with Gasteiger partial charge >= 0.3 is 5.97 Å². The van der Waals surface area contributed by atoms with Crippen LogP contribution in [-0.4, -0.2) is 54.6 Å². The third-order valence-electron chi connectivity index (χ3n) is 6.77. The Morgan fingerprint density at radius 2 is 1.72 bits per heavy atom. The van der Waals surface area contributed by atoms with Gasteiger partial charge in [-0.3, -0.25) is 4.79 Å². The number of carbonyl (C=O) groups excluding carboxylic acids is 2. The van der Waals surface area contributed by atoms with E-state index in [1.807, 2.05) is 56.5 Å². The summed E-state index contributed by atoms with van der Waals surface area (Å²) in [5.74, 6) is -0.632. The summed E-state index contributed by atoms with van der Waals surface area (Å²) in [4.78, 5) is 30.8. The molecule has 7 nitrogen and oxygen atoms in total. The van der Waals surface area contributed by atoms with Gasteiger partial charge in [0.15, 0.2) is 0 Å². The Morgan fingerprint density at radius 3 is 2.33 bits per heavy atom. The van der Waals surface area contributed by atoms with Gasteiger partial charge < -0.3 is 19.1 Å². The minimum Gasteiger partial charge on any atom is -0.465 e. The molecule has 1 fully saturated rings. The topological polar surface area (TPSA) is 78.6 Å². The smallest absolute Gasteiger partial charge is 0.341 e. The number of rotatable bonds is 5. The van der Waals surface area contributed by atoms with E-state index in [2.05, 4.69) is 23.1 Å². The van der Waals surface area contributed by atoms with E-state index < -0.39 is 0 Å². The van der Waals surface area contributed by atoms with Crippen molar-refractivity contribution in [3.63, 3.8) is 0 Å². The first-order chi connectivity index (χ1) is 17.3. The summed E-state index contributed by atoms with van der Waals surface area (Å²) in [6.45, 7) is 10.3. The highest BCUT2D eigenvalue weighted by Gasteiger charge is 2.26. The molecule has 0 bridgehead atoms. The van der Waals surface area contributed by atoms with Crippen molar-refractivity contribution >= 4 is 35.0 Å². The van der Waals surface area contributed by atoms with Crippen molar-refractivity contribution in [2.75, 3.05) is 38.2 Å². The van der Waals surface area contributed by atoms with E-state index in [0.29, 0.717) is 18.7 Å². The van der Waals surface area contributed by atoms with E-state index in [0.717, 1.165) is 51.2 Å². The van der Waals surface area contributed by atoms with Crippen molar-refractivity contribution in [1.29, 1.82) is 5.26 Å². The van der Waals surface area contributed by atoms with Gasteiger partial charge in [0.25, 0.3) is 5.91 Å². The molecular formula is C28H30N4O3S. The number of nitrogens with zero attached hydrogens (tertiary/aromatic N) is 4. The number of carbonyl (C=O) groups is 2. The van der Waals surface area contributed by atoms with E-state index in [1.165, 1.54) is 18.4 Å². The molecule has 0 atom stereocenters. The molecule has 0 spiro atoms. The molecule has 1 aromatic carbocycles. The second kappa shape index (κ2) is 10.4. The van der Waals surface area contributed by atoms with E-state index in [1.54, 1.807) is 11.0 Å². The molecule has 1 saturated heterocycles. The molecule has 0 radical (unpaired) electrons. The first-order valence-electron chi connectivity index (χ1n) is 11.9. The van der Waals surface area contributed by atoms with Crippen LogP contribution in [0.25, 0.3) is 11.1 Å². The van der Waals surface area contributed by atoms with E-state index >= 15 is 0 Å². The lowest BCUT2D eigenvalue weighted by molar-refractivity contribution is -0.126. The number of para-hydroxylation sites is 1. The third kappa shape index (κ3) is 4.67. The number of aromatic nitrogens is 1. The zero-order chi connectivity index (χ0) is 26.0. The fourth-order valence-electron chi connectivity index (χ4n) is 4.63. The van der Waals surface area contributed by atoms with Crippen molar-refractivity contribution in [1.82, 2.24) is 9.47 Å². The van der Waals surface area contributed by atoms with Crippen LogP contribution in [0.15, 0.2) is 42.0 Å². The molecule has 186 valence electrons. The lowest BCUT2D eigenvalue weighted by Gasteiger charge is -2.36. The molecule has 36 heavy (non-hydrogen) atoms. The van der Waals surface area contributed by atoms with E-state index in [-0.39, 0.29) is 17.4 Å². The van der Waals surface area contributed by atoms with E-state index in [9.17, 15) is 14.9 Å². The van der Waals surface area contributed by atoms with Crippen LogP contribution in [0, 0.1) is 39.0 Å². The molecule has 0 unspecified atom stereocenters. The van der Waals surface area contributed by atoms with Crippen LogP contribution in [0.2, 0.25) is 0 Å². The number of aryl methyl sites for hydroxylation is 2. The van der Waals surface area contributed by atoms with Gasteiger partial charge in [0.05, 0.1) is 12.7 Å². The maximum Gasteiger partial charge on any atom is 0.341 e. The van der Waals surface area contributed by atoms with Gasteiger partial charge in [-0.05, 0) is 63.1 Å². The molecule has 8 heteroatoms. The molecular weight excluding hydrogens is 472 g/mol. The Kier molecular flexibility index (Phi) is 7.32. The highest BCUT2D eigenvalue weighted by Crippen LogP contribution is 2.35. The van der Waals surface area contributed by atoms with Crippen LogP contribution in [0.3, 0.4) is 0 Å². The van der Waals surface area contributed by atoms with Crippen LogP contribution in [-0.2, 0) is 9.53 Å². The van der Waals surface area contributed by atoms with Crippen molar-refractivity contribution < 1.29 is 14.3 Å². The average Bonchev–Trinajstić information content (AvgIpc) is 3.35. The summed E-state index contributed by atoms with van der Waals surface area (Å²) >= 11 is 1.53. The number of nitriles is 1. The number of thiophene rings is 1. The van der Waals surface area contributed by atoms with Crippen molar-refractivity contribution in [2.24, 2.45) is 0 Å². The number of piperazine rings is 1. The summed E-state index contributed by atoms with van der Waals surface area (Å²) in [7, 11) is 1.38. The van der Waals surface area contributed by atoms with Crippen LogP contribution in [0.4, 0.5) is 5.69 Å². The number of anilines is 1. The monoisotopic (exact) mass is 502 g/mol. The van der Waals surface area contributed by atoms with Crippen LogP contribution in [0.1, 0.15) is 37.7 Å². The van der Waals surface area contributed by atoms with Crippen molar-refractivity contribution in [3.8, 4) is 11.1 Å². The number of ether oxygens (including phenoxy) is 1. The molecule has 1 aliphatic rings. The number of hydrogen-bond donors (Lipinski definition) is 0. The fourth-order valence-corrected chi connectivity index (χ4v) is 5.89. The summed E-state index contributed by atoms with van der Waals surface area (Å²) in [6.07, 6.45) is 1.66. The van der Waals surface area contributed by atoms with Crippen molar-refractivity contribution in [3.05, 3.63) is 74.9 Å². The molecule has 1 amide bonds.